The van der Waals surface area contributed by atoms with E-state index in [9.17, 15) is 4.79 Å². The number of amidine groups is 1. The molecule has 1 aliphatic rings. The number of rotatable bonds is 8. The third-order valence-corrected chi connectivity index (χ3v) is 5.57. The Labute approximate surface area is 181 Å². The number of nitrogens with zero attached hydrogens (tertiary/aromatic N) is 1. The molecule has 3 rings (SSSR count). The summed E-state index contributed by atoms with van der Waals surface area (Å²) < 4.78 is 5.94. The minimum atomic E-state index is -0.172. The van der Waals surface area contributed by atoms with Crippen LogP contribution in [0.5, 0.6) is 5.75 Å². The Kier molecular flexibility index (Phi) is 7.78. The number of unbranched alkanes of at least 4 members (excludes halogenated alkanes) is 3. The van der Waals surface area contributed by atoms with Crippen molar-refractivity contribution < 1.29 is 9.53 Å². The van der Waals surface area contributed by atoms with Crippen LogP contribution in [-0.2, 0) is 4.79 Å². The highest BCUT2D eigenvalue weighted by Gasteiger charge is 2.24. The Hall–Kier alpha value is -2.24. The Morgan fingerprint density at radius 1 is 1.14 bits per heavy atom. The number of nitrogens with one attached hydrogen (secondary N) is 1. The Morgan fingerprint density at radius 3 is 2.69 bits per heavy atom. The SMILES string of the molecule is CCCCCCOc1ccc(Cl)cc1/C=C1/SC(=Nc2ccc(C)cc2)NC1=O. The van der Waals surface area contributed by atoms with E-state index >= 15 is 0 Å². The summed E-state index contributed by atoms with van der Waals surface area (Å²) in [5.74, 6) is 0.561. The van der Waals surface area contributed by atoms with Crippen LogP contribution in [0.4, 0.5) is 5.69 Å². The molecule has 0 radical (unpaired) electrons. The van der Waals surface area contributed by atoms with Crippen LogP contribution in [0.25, 0.3) is 6.08 Å². The van der Waals surface area contributed by atoms with Crippen LogP contribution in [0.15, 0.2) is 52.4 Å². The van der Waals surface area contributed by atoms with E-state index in [2.05, 4.69) is 17.2 Å². The Bertz CT molecular complexity index is 923. The van der Waals surface area contributed by atoms with Crippen molar-refractivity contribution in [3.8, 4) is 5.75 Å². The summed E-state index contributed by atoms with van der Waals surface area (Å²) in [6.45, 7) is 4.86. The summed E-state index contributed by atoms with van der Waals surface area (Å²) >= 11 is 7.49. The first-order valence-electron chi connectivity index (χ1n) is 9.84. The average Bonchev–Trinajstić information content (AvgIpc) is 3.04. The number of thioether (sulfide) groups is 1. The van der Waals surface area contributed by atoms with Gasteiger partial charge >= 0.3 is 0 Å². The molecule has 29 heavy (non-hydrogen) atoms. The zero-order chi connectivity index (χ0) is 20.6. The molecule has 0 unspecified atom stereocenters. The van der Waals surface area contributed by atoms with Crippen molar-refractivity contribution in [3.63, 3.8) is 0 Å². The maximum absolute atomic E-state index is 12.4. The minimum absolute atomic E-state index is 0.172. The first-order chi connectivity index (χ1) is 14.0. The number of carbonyl (C=O) groups excluding carboxylic acids is 1. The molecule has 2 aromatic carbocycles. The van der Waals surface area contributed by atoms with Gasteiger partial charge in [-0.25, -0.2) is 4.99 Å². The summed E-state index contributed by atoms with van der Waals surface area (Å²) in [6, 6.07) is 13.3. The van der Waals surface area contributed by atoms with Gasteiger partial charge in [-0.3, -0.25) is 4.79 Å². The predicted octanol–water partition coefficient (Wildman–Crippen LogP) is 6.50. The second-order valence-corrected chi connectivity index (χ2v) is 8.38. The van der Waals surface area contributed by atoms with E-state index in [4.69, 9.17) is 16.3 Å². The van der Waals surface area contributed by atoms with Gasteiger partial charge < -0.3 is 10.1 Å². The van der Waals surface area contributed by atoms with Gasteiger partial charge in [-0.2, -0.15) is 0 Å². The van der Waals surface area contributed by atoms with Gasteiger partial charge in [0.05, 0.1) is 17.2 Å². The smallest absolute Gasteiger partial charge is 0.264 e. The third-order valence-electron chi connectivity index (χ3n) is 4.43. The molecule has 1 fully saturated rings. The molecule has 152 valence electrons. The second-order valence-electron chi connectivity index (χ2n) is 6.91. The first-order valence-corrected chi connectivity index (χ1v) is 11.0. The lowest BCUT2D eigenvalue weighted by atomic mass is 10.1. The summed E-state index contributed by atoms with van der Waals surface area (Å²) in [7, 11) is 0. The maximum atomic E-state index is 12.4. The maximum Gasteiger partial charge on any atom is 0.264 e. The van der Waals surface area contributed by atoms with Gasteiger partial charge in [0.2, 0.25) is 0 Å². The molecule has 0 bridgehead atoms. The molecule has 1 heterocycles. The molecule has 0 aromatic heterocycles. The number of hydrogen-bond acceptors (Lipinski definition) is 4. The van der Waals surface area contributed by atoms with Crippen molar-refractivity contribution in [2.24, 2.45) is 4.99 Å². The number of benzene rings is 2. The lowest BCUT2D eigenvalue weighted by Gasteiger charge is -2.10. The molecule has 1 saturated heterocycles. The Balaban J connectivity index is 1.74. The van der Waals surface area contributed by atoms with Gasteiger partial charge in [-0.15, -0.1) is 0 Å². The highest BCUT2D eigenvalue weighted by atomic mass is 35.5. The second kappa shape index (κ2) is 10.5. The molecule has 0 atom stereocenters. The lowest BCUT2D eigenvalue weighted by molar-refractivity contribution is -0.115. The van der Waals surface area contributed by atoms with Crippen LogP contribution in [0.1, 0.15) is 43.7 Å². The highest BCUT2D eigenvalue weighted by Crippen LogP contribution is 2.32. The molecule has 0 spiro atoms. The average molecular weight is 429 g/mol. The van der Waals surface area contributed by atoms with Crippen LogP contribution in [-0.4, -0.2) is 17.7 Å². The van der Waals surface area contributed by atoms with Gasteiger partial charge in [0.25, 0.3) is 5.91 Å². The number of amides is 1. The molecule has 1 amide bonds. The van der Waals surface area contributed by atoms with Gasteiger partial charge in [-0.05, 0) is 61.5 Å². The van der Waals surface area contributed by atoms with Gasteiger partial charge in [-0.1, -0.05) is 55.5 Å². The standard InChI is InChI=1S/C23H25ClN2O2S/c1-3-4-5-6-13-28-20-12-9-18(24)14-17(20)15-21-22(27)26-23(29-21)25-19-10-7-16(2)8-11-19/h7-12,14-15H,3-6,13H2,1-2H3,(H,25,26,27)/b21-15+. The van der Waals surface area contributed by atoms with E-state index in [-0.39, 0.29) is 5.91 Å². The molecule has 4 nitrogen and oxygen atoms in total. The van der Waals surface area contributed by atoms with Crippen molar-refractivity contribution in [1.29, 1.82) is 0 Å². The third kappa shape index (κ3) is 6.38. The summed E-state index contributed by atoms with van der Waals surface area (Å²) in [4.78, 5) is 17.5. The number of hydrogen-bond donors (Lipinski definition) is 1. The predicted molar refractivity (Wildman–Crippen MR) is 123 cm³/mol. The topological polar surface area (TPSA) is 50.7 Å². The number of halogens is 1. The zero-order valence-corrected chi connectivity index (χ0v) is 18.3. The van der Waals surface area contributed by atoms with E-state index in [1.807, 2.05) is 49.4 Å². The summed E-state index contributed by atoms with van der Waals surface area (Å²) in [5.41, 5.74) is 2.77. The minimum Gasteiger partial charge on any atom is -0.493 e. The van der Waals surface area contributed by atoms with Crippen molar-refractivity contribution in [3.05, 3.63) is 63.5 Å². The zero-order valence-electron chi connectivity index (χ0n) is 16.7. The van der Waals surface area contributed by atoms with Gasteiger partial charge in [0, 0.05) is 10.6 Å². The van der Waals surface area contributed by atoms with E-state index in [0.29, 0.717) is 21.7 Å². The van der Waals surface area contributed by atoms with Crippen molar-refractivity contribution in [2.75, 3.05) is 6.61 Å². The number of carbonyl (C=O) groups is 1. The van der Waals surface area contributed by atoms with E-state index in [1.54, 1.807) is 6.07 Å². The van der Waals surface area contributed by atoms with Gasteiger partial charge in [0.1, 0.15) is 5.75 Å². The summed E-state index contributed by atoms with van der Waals surface area (Å²) in [5, 5.41) is 3.99. The molecular formula is C23H25ClN2O2S. The van der Waals surface area contributed by atoms with Crippen molar-refractivity contribution in [2.45, 2.75) is 39.5 Å². The van der Waals surface area contributed by atoms with Crippen LogP contribution < -0.4 is 10.1 Å². The van der Waals surface area contributed by atoms with Crippen LogP contribution in [0.3, 0.4) is 0 Å². The van der Waals surface area contributed by atoms with E-state index < -0.39 is 0 Å². The number of aryl methyl sites for hydroxylation is 1. The van der Waals surface area contributed by atoms with Crippen molar-refractivity contribution >= 4 is 46.2 Å². The number of aliphatic imine (C=N–C) groups is 1. The molecule has 1 aliphatic heterocycles. The van der Waals surface area contributed by atoms with Crippen LogP contribution in [0.2, 0.25) is 5.02 Å². The fourth-order valence-electron chi connectivity index (χ4n) is 2.83. The van der Waals surface area contributed by atoms with Crippen molar-refractivity contribution in [1.82, 2.24) is 5.32 Å². The fraction of sp³-hybridized carbons (Fsp3) is 0.304. The number of ether oxygens (including phenoxy) is 1. The van der Waals surface area contributed by atoms with Crippen LogP contribution >= 0.6 is 23.4 Å². The monoisotopic (exact) mass is 428 g/mol. The quantitative estimate of drug-likeness (QED) is 0.385. The molecule has 0 saturated carbocycles. The molecule has 6 heteroatoms. The lowest BCUT2D eigenvalue weighted by Crippen LogP contribution is -2.19. The highest BCUT2D eigenvalue weighted by molar-refractivity contribution is 8.18. The summed E-state index contributed by atoms with van der Waals surface area (Å²) in [6.07, 6.45) is 6.37. The van der Waals surface area contributed by atoms with E-state index in [1.165, 1.54) is 30.2 Å². The molecule has 2 aromatic rings. The van der Waals surface area contributed by atoms with E-state index in [0.717, 1.165) is 29.8 Å². The molecule has 1 N–H and O–H groups in total. The van der Waals surface area contributed by atoms with Crippen LogP contribution in [0, 0.1) is 6.92 Å². The first kappa shape index (κ1) is 21.5. The molecular weight excluding hydrogens is 404 g/mol. The fourth-order valence-corrected chi connectivity index (χ4v) is 3.85. The Morgan fingerprint density at radius 2 is 1.93 bits per heavy atom. The normalized spacial score (nSPS) is 16.4. The largest absolute Gasteiger partial charge is 0.493 e. The van der Waals surface area contributed by atoms with Gasteiger partial charge in [0.15, 0.2) is 5.17 Å². The molecule has 0 aliphatic carbocycles.